The van der Waals surface area contributed by atoms with Crippen molar-refractivity contribution in [3.63, 3.8) is 0 Å². The van der Waals surface area contributed by atoms with Gasteiger partial charge in [0.05, 0.1) is 11.0 Å². The summed E-state index contributed by atoms with van der Waals surface area (Å²) in [5, 5.41) is 18.3. The molecule has 1 atom stereocenters. The van der Waals surface area contributed by atoms with Gasteiger partial charge in [0.1, 0.15) is 11.8 Å². The summed E-state index contributed by atoms with van der Waals surface area (Å²) in [6.07, 6.45) is 0.524. The summed E-state index contributed by atoms with van der Waals surface area (Å²) in [5.41, 5.74) is 5.04. The van der Waals surface area contributed by atoms with Crippen molar-refractivity contribution in [3.05, 3.63) is 29.3 Å². The van der Waals surface area contributed by atoms with Gasteiger partial charge in [-0.25, -0.2) is 0 Å². The number of primary amides is 1. The largest absolute Gasteiger partial charge is 0.507 e. The fourth-order valence-electron chi connectivity index (χ4n) is 2.28. The highest BCUT2D eigenvalue weighted by Gasteiger charge is 2.40. The van der Waals surface area contributed by atoms with Crippen molar-refractivity contribution in [2.24, 2.45) is 11.1 Å². The van der Waals surface area contributed by atoms with Crippen molar-refractivity contribution in [2.75, 3.05) is 13.1 Å². The van der Waals surface area contributed by atoms with Crippen LogP contribution in [0.5, 0.6) is 5.75 Å². The molecule has 1 aromatic carbocycles. The Morgan fingerprint density at radius 1 is 1.50 bits per heavy atom. The monoisotopic (exact) mass is 273 g/mol. The van der Waals surface area contributed by atoms with Crippen molar-refractivity contribution in [2.45, 2.75) is 13.3 Å². The number of carbonyl (C=O) groups is 2. The predicted molar refractivity (Wildman–Crippen MR) is 70.6 cm³/mol. The van der Waals surface area contributed by atoms with Crippen LogP contribution in [0.3, 0.4) is 0 Å². The Bertz CT molecular complexity index is 621. The summed E-state index contributed by atoms with van der Waals surface area (Å²) in [5.74, 6) is -0.930. The lowest BCUT2D eigenvalue weighted by molar-refractivity contribution is -0.126. The number of phenols is 1. The van der Waals surface area contributed by atoms with Gasteiger partial charge in [0.15, 0.2) is 0 Å². The number of amides is 2. The molecule has 0 saturated carbocycles. The van der Waals surface area contributed by atoms with Gasteiger partial charge in [-0.15, -0.1) is 0 Å². The molecule has 20 heavy (non-hydrogen) atoms. The van der Waals surface area contributed by atoms with E-state index in [4.69, 9.17) is 11.0 Å². The summed E-state index contributed by atoms with van der Waals surface area (Å²) >= 11 is 0. The third-order valence-corrected chi connectivity index (χ3v) is 3.72. The van der Waals surface area contributed by atoms with Crippen LogP contribution in [0, 0.1) is 16.7 Å². The van der Waals surface area contributed by atoms with Crippen LogP contribution in [0.25, 0.3) is 0 Å². The number of nitriles is 1. The number of nitrogens with zero attached hydrogens (tertiary/aromatic N) is 2. The number of aromatic hydroxyl groups is 1. The quantitative estimate of drug-likeness (QED) is 0.822. The molecule has 1 aliphatic rings. The Morgan fingerprint density at radius 3 is 2.70 bits per heavy atom. The molecule has 1 aliphatic heterocycles. The molecule has 1 aromatic rings. The topological polar surface area (TPSA) is 107 Å². The summed E-state index contributed by atoms with van der Waals surface area (Å²) in [6.45, 7) is 2.44. The number of carbonyl (C=O) groups excluding carboxylic acids is 2. The molecule has 104 valence electrons. The van der Waals surface area contributed by atoms with E-state index in [0.29, 0.717) is 13.0 Å². The zero-order valence-corrected chi connectivity index (χ0v) is 11.1. The minimum absolute atomic E-state index is 0.116. The molecule has 0 aromatic heterocycles. The second-order valence-corrected chi connectivity index (χ2v) is 5.25. The molecule has 3 N–H and O–H groups in total. The van der Waals surface area contributed by atoms with Crippen LogP contribution in [0.4, 0.5) is 0 Å². The highest BCUT2D eigenvalue weighted by Crippen LogP contribution is 2.30. The number of hydrogen-bond donors (Lipinski definition) is 2. The molecular weight excluding hydrogens is 258 g/mol. The molecule has 1 unspecified atom stereocenters. The van der Waals surface area contributed by atoms with Gasteiger partial charge in [-0.05, 0) is 31.5 Å². The first-order valence-electron chi connectivity index (χ1n) is 6.20. The van der Waals surface area contributed by atoms with Crippen molar-refractivity contribution >= 4 is 11.8 Å². The highest BCUT2D eigenvalue weighted by atomic mass is 16.3. The standard InChI is InChI=1S/C14H15N3O3/c1-14(13(16)20)4-5-17(8-14)12(19)9-2-3-10(7-15)11(18)6-9/h2-3,6,18H,4-5,8H2,1H3,(H2,16,20). The first kappa shape index (κ1) is 13.9. The van der Waals surface area contributed by atoms with Crippen LogP contribution in [-0.2, 0) is 4.79 Å². The van der Waals surface area contributed by atoms with Crippen LogP contribution in [0.2, 0.25) is 0 Å². The molecule has 0 bridgehead atoms. The molecular formula is C14H15N3O3. The Kier molecular flexibility index (Phi) is 3.36. The average Bonchev–Trinajstić information content (AvgIpc) is 2.82. The number of likely N-dealkylation sites (tertiary alicyclic amines) is 1. The maximum Gasteiger partial charge on any atom is 0.254 e. The molecule has 2 rings (SSSR count). The Labute approximate surface area is 116 Å². The van der Waals surface area contributed by atoms with Gasteiger partial charge in [-0.3, -0.25) is 9.59 Å². The van der Waals surface area contributed by atoms with Crippen molar-refractivity contribution in [1.82, 2.24) is 4.90 Å². The van der Waals surface area contributed by atoms with Crippen molar-refractivity contribution in [1.29, 1.82) is 5.26 Å². The lowest BCUT2D eigenvalue weighted by Crippen LogP contribution is -2.38. The second kappa shape index (κ2) is 4.85. The molecule has 0 radical (unpaired) electrons. The van der Waals surface area contributed by atoms with Crippen LogP contribution in [0.15, 0.2) is 18.2 Å². The highest BCUT2D eigenvalue weighted by molar-refractivity contribution is 5.96. The number of hydrogen-bond acceptors (Lipinski definition) is 4. The third-order valence-electron chi connectivity index (χ3n) is 3.72. The van der Waals surface area contributed by atoms with Gasteiger partial charge in [0.2, 0.25) is 5.91 Å². The zero-order valence-electron chi connectivity index (χ0n) is 11.1. The Morgan fingerprint density at radius 2 is 2.20 bits per heavy atom. The molecule has 1 heterocycles. The molecule has 1 saturated heterocycles. The maximum absolute atomic E-state index is 12.3. The molecule has 2 amide bonds. The van der Waals surface area contributed by atoms with Crippen LogP contribution in [-0.4, -0.2) is 34.9 Å². The summed E-state index contributed by atoms with van der Waals surface area (Å²) in [4.78, 5) is 25.2. The second-order valence-electron chi connectivity index (χ2n) is 5.25. The van der Waals surface area contributed by atoms with Crippen LogP contribution < -0.4 is 5.73 Å². The van der Waals surface area contributed by atoms with E-state index in [1.165, 1.54) is 23.1 Å². The Balaban J connectivity index is 2.20. The molecule has 1 fully saturated rings. The third kappa shape index (κ3) is 2.30. The smallest absolute Gasteiger partial charge is 0.254 e. The predicted octanol–water partition coefficient (Wildman–Crippen LogP) is 0.601. The number of benzene rings is 1. The van der Waals surface area contributed by atoms with E-state index >= 15 is 0 Å². The Hall–Kier alpha value is -2.55. The fraction of sp³-hybridized carbons (Fsp3) is 0.357. The van der Waals surface area contributed by atoms with Gasteiger partial charge >= 0.3 is 0 Å². The minimum atomic E-state index is -0.704. The van der Waals surface area contributed by atoms with E-state index in [0.717, 1.165) is 0 Å². The van der Waals surface area contributed by atoms with Crippen LogP contribution >= 0.6 is 0 Å². The minimum Gasteiger partial charge on any atom is -0.507 e. The average molecular weight is 273 g/mol. The maximum atomic E-state index is 12.3. The molecule has 6 heteroatoms. The van der Waals surface area contributed by atoms with Gasteiger partial charge < -0.3 is 15.7 Å². The van der Waals surface area contributed by atoms with Crippen molar-refractivity contribution < 1.29 is 14.7 Å². The lowest BCUT2D eigenvalue weighted by Gasteiger charge is -2.21. The SMILES string of the molecule is CC1(C(N)=O)CCN(C(=O)c2ccc(C#N)c(O)c2)C1. The summed E-state index contributed by atoms with van der Waals surface area (Å²) in [7, 11) is 0. The van der Waals surface area contributed by atoms with Gasteiger partial charge in [-0.2, -0.15) is 5.26 Å². The summed E-state index contributed by atoms with van der Waals surface area (Å²) in [6, 6.07) is 5.97. The van der Waals surface area contributed by atoms with E-state index in [1.807, 2.05) is 6.07 Å². The normalized spacial score (nSPS) is 21.5. The van der Waals surface area contributed by atoms with E-state index in [2.05, 4.69) is 0 Å². The number of rotatable bonds is 2. The van der Waals surface area contributed by atoms with E-state index in [1.54, 1.807) is 6.92 Å². The summed E-state index contributed by atoms with van der Waals surface area (Å²) < 4.78 is 0. The lowest BCUT2D eigenvalue weighted by atomic mass is 9.89. The molecule has 0 spiro atoms. The first-order valence-corrected chi connectivity index (χ1v) is 6.20. The van der Waals surface area contributed by atoms with Gasteiger partial charge in [0, 0.05) is 18.7 Å². The molecule has 0 aliphatic carbocycles. The number of phenolic OH excluding ortho intramolecular Hbond substituents is 1. The van der Waals surface area contributed by atoms with Crippen molar-refractivity contribution in [3.8, 4) is 11.8 Å². The van der Waals surface area contributed by atoms with E-state index in [9.17, 15) is 14.7 Å². The van der Waals surface area contributed by atoms with Gasteiger partial charge in [-0.1, -0.05) is 0 Å². The van der Waals surface area contributed by atoms with E-state index in [-0.39, 0.29) is 29.3 Å². The zero-order chi connectivity index (χ0) is 14.9. The number of nitrogens with two attached hydrogens (primary N) is 1. The molecule has 6 nitrogen and oxygen atoms in total. The van der Waals surface area contributed by atoms with E-state index < -0.39 is 11.3 Å². The van der Waals surface area contributed by atoms with Crippen LogP contribution in [0.1, 0.15) is 29.3 Å². The fourth-order valence-corrected chi connectivity index (χ4v) is 2.28. The van der Waals surface area contributed by atoms with Gasteiger partial charge in [0.25, 0.3) is 5.91 Å². The first-order chi connectivity index (χ1) is 9.37.